The summed E-state index contributed by atoms with van der Waals surface area (Å²) in [7, 11) is 1.68. The van der Waals surface area contributed by atoms with Crippen LogP contribution in [0.25, 0.3) is 0 Å². The number of nitriles is 2. The van der Waals surface area contributed by atoms with Crippen molar-refractivity contribution in [2.24, 2.45) is 0 Å². The third-order valence-electron chi connectivity index (χ3n) is 4.10. The third kappa shape index (κ3) is 4.38. The highest BCUT2D eigenvalue weighted by Crippen LogP contribution is 2.19. The lowest BCUT2D eigenvalue weighted by atomic mass is 10.1. The highest BCUT2D eigenvalue weighted by atomic mass is 16.5. The van der Waals surface area contributed by atoms with Gasteiger partial charge in [0, 0.05) is 13.6 Å². The molecule has 0 unspecified atom stereocenters. The van der Waals surface area contributed by atoms with Crippen LogP contribution in [0.4, 0.5) is 0 Å². The number of para-hydroxylation sites is 1. The average molecular weight is 371 g/mol. The maximum Gasteiger partial charge on any atom is 0.289 e. The van der Waals surface area contributed by atoms with Crippen molar-refractivity contribution in [2.75, 3.05) is 7.05 Å². The summed E-state index contributed by atoms with van der Waals surface area (Å²) in [5.41, 5.74) is 1.93. The van der Waals surface area contributed by atoms with Crippen LogP contribution < -0.4 is 4.74 Å². The highest BCUT2D eigenvalue weighted by Gasteiger charge is 2.17. The summed E-state index contributed by atoms with van der Waals surface area (Å²) < 4.78 is 11.2. The molecule has 6 nitrogen and oxygen atoms in total. The van der Waals surface area contributed by atoms with Crippen LogP contribution in [0.15, 0.2) is 65.1 Å². The van der Waals surface area contributed by atoms with Gasteiger partial charge in [-0.05, 0) is 42.0 Å². The molecule has 0 radical (unpaired) electrons. The molecular weight excluding hydrogens is 354 g/mol. The van der Waals surface area contributed by atoms with Gasteiger partial charge in [0.15, 0.2) is 5.76 Å². The van der Waals surface area contributed by atoms with Gasteiger partial charge in [0.2, 0.25) is 0 Å². The standard InChI is InChI=1S/C22H17N3O3/c1-25(14-17-8-6-16(12-23)7-9-17)22(26)21-11-10-19(28-21)15-27-20-5-3-2-4-18(20)13-24/h2-11H,14-15H2,1H3. The van der Waals surface area contributed by atoms with Crippen molar-refractivity contribution in [2.45, 2.75) is 13.2 Å². The van der Waals surface area contributed by atoms with E-state index in [0.717, 1.165) is 5.56 Å². The SMILES string of the molecule is CN(Cc1ccc(C#N)cc1)C(=O)c1ccc(COc2ccccc2C#N)o1. The number of hydrogen-bond acceptors (Lipinski definition) is 5. The Bertz CT molecular complexity index is 1060. The first-order valence-electron chi connectivity index (χ1n) is 8.56. The molecule has 0 aliphatic carbocycles. The summed E-state index contributed by atoms with van der Waals surface area (Å²) in [6.07, 6.45) is 0. The number of benzene rings is 2. The number of nitrogens with zero attached hydrogens (tertiary/aromatic N) is 3. The van der Waals surface area contributed by atoms with Gasteiger partial charge in [-0.15, -0.1) is 0 Å². The van der Waals surface area contributed by atoms with Gasteiger partial charge in [-0.25, -0.2) is 0 Å². The van der Waals surface area contributed by atoms with Crippen LogP contribution in [0.3, 0.4) is 0 Å². The van der Waals surface area contributed by atoms with Crippen LogP contribution in [0.1, 0.15) is 33.0 Å². The van der Waals surface area contributed by atoms with Gasteiger partial charge in [-0.2, -0.15) is 10.5 Å². The summed E-state index contributed by atoms with van der Waals surface area (Å²) in [5, 5.41) is 17.9. The first-order chi connectivity index (χ1) is 13.6. The van der Waals surface area contributed by atoms with Crippen molar-refractivity contribution in [1.29, 1.82) is 10.5 Å². The minimum Gasteiger partial charge on any atom is -0.484 e. The number of hydrogen-bond donors (Lipinski definition) is 0. The molecule has 0 aliphatic rings. The van der Waals surface area contributed by atoms with Gasteiger partial charge in [0.25, 0.3) is 5.91 Å². The summed E-state index contributed by atoms with van der Waals surface area (Å²) >= 11 is 0. The highest BCUT2D eigenvalue weighted by molar-refractivity contribution is 5.91. The number of rotatable bonds is 6. The Morgan fingerprint density at radius 3 is 2.50 bits per heavy atom. The lowest BCUT2D eigenvalue weighted by Crippen LogP contribution is -2.25. The van der Waals surface area contributed by atoms with E-state index in [-0.39, 0.29) is 18.3 Å². The van der Waals surface area contributed by atoms with E-state index in [2.05, 4.69) is 12.1 Å². The van der Waals surface area contributed by atoms with Gasteiger partial charge < -0.3 is 14.1 Å². The Hall–Kier alpha value is -4.03. The molecule has 0 aliphatic heterocycles. The number of amides is 1. The van der Waals surface area contributed by atoms with Crippen LogP contribution in [0, 0.1) is 22.7 Å². The predicted molar refractivity (Wildman–Crippen MR) is 101 cm³/mol. The molecule has 0 saturated carbocycles. The minimum absolute atomic E-state index is 0.116. The molecule has 0 N–H and O–H groups in total. The van der Waals surface area contributed by atoms with Crippen molar-refractivity contribution >= 4 is 5.91 Å². The third-order valence-corrected chi connectivity index (χ3v) is 4.10. The molecule has 0 atom stereocenters. The lowest BCUT2D eigenvalue weighted by Gasteiger charge is -2.15. The largest absolute Gasteiger partial charge is 0.484 e. The van der Waals surface area contributed by atoms with E-state index in [9.17, 15) is 4.79 Å². The lowest BCUT2D eigenvalue weighted by molar-refractivity contribution is 0.0749. The maximum atomic E-state index is 12.6. The summed E-state index contributed by atoms with van der Waals surface area (Å²) in [6.45, 7) is 0.512. The first-order valence-corrected chi connectivity index (χ1v) is 8.56. The van der Waals surface area contributed by atoms with Crippen LogP contribution >= 0.6 is 0 Å². The van der Waals surface area contributed by atoms with E-state index in [1.54, 1.807) is 55.6 Å². The first kappa shape index (κ1) is 18.8. The molecule has 3 rings (SSSR count). The predicted octanol–water partition coefficient (Wildman–Crippen LogP) is 3.87. The summed E-state index contributed by atoms with van der Waals surface area (Å²) in [6, 6.07) is 21.4. The van der Waals surface area contributed by atoms with Gasteiger partial charge in [-0.1, -0.05) is 24.3 Å². The monoisotopic (exact) mass is 371 g/mol. The maximum absolute atomic E-state index is 12.6. The fourth-order valence-corrected chi connectivity index (χ4v) is 2.62. The Balaban J connectivity index is 1.61. The Labute approximate surface area is 162 Å². The number of carbonyl (C=O) groups excluding carboxylic acids is 1. The van der Waals surface area contributed by atoms with Crippen LogP contribution in [-0.2, 0) is 13.2 Å². The smallest absolute Gasteiger partial charge is 0.289 e. The zero-order valence-corrected chi connectivity index (χ0v) is 15.3. The Morgan fingerprint density at radius 2 is 1.79 bits per heavy atom. The van der Waals surface area contributed by atoms with E-state index in [4.69, 9.17) is 19.7 Å². The summed E-state index contributed by atoms with van der Waals surface area (Å²) in [5.74, 6) is 0.909. The van der Waals surface area contributed by atoms with Gasteiger partial charge in [-0.3, -0.25) is 4.79 Å². The van der Waals surface area contributed by atoms with Gasteiger partial charge in [0.05, 0.1) is 17.2 Å². The molecule has 0 bridgehead atoms. The van der Waals surface area contributed by atoms with Gasteiger partial charge in [0.1, 0.15) is 24.2 Å². The summed E-state index contributed by atoms with van der Waals surface area (Å²) in [4.78, 5) is 14.1. The normalized spacial score (nSPS) is 9.96. The fourth-order valence-electron chi connectivity index (χ4n) is 2.62. The Kier molecular flexibility index (Phi) is 5.74. The molecule has 28 heavy (non-hydrogen) atoms. The molecule has 2 aromatic carbocycles. The topological polar surface area (TPSA) is 90.3 Å². The van der Waals surface area contributed by atoms with Crippen LogP contribution in [0.5, 0.6) is 5.75 Å². The van der Waals surface area contributed by atoms with Gasteiger partial charge >= 0.3 is 0 Å². The quantitative estimate of drug-likeness (QED) is 0.656. The van der Waals surface area contributed by atoms with E-state index >= 15 is 0 Å². The fraction of sp³-hybridized carbons (Fsp3) is 0.136. The number of ether oxygens (including phenoxy) is 1. The van der Waals surface area contributed by atoms with E-state index < -0.39 is 0 Å². The zero-order chi connectivity index (χ0) is 19.9. The molecule has 6 heteroatoms. The van der Waals surface area contributed by atoms with Crippen molar-refractivity contribution in [3.63, 3.8) is 0 Å². The molecule has 0 saturated heterocycles. The Morgan fingerprint density at radius 1 is 1.04 bits per heavy atom. The van der Waals surface area contributed by atoms with Crippen molar-refractivity contribution in [3.8, 4) is 17.9 Å². The second-order valence-corrected chi connectivity index (χ2v) is 6.13. The second-order valence-electron chi connectivity index (χ2n) is 6.13. The van der Waals surface area contributed by atoms with E-state index in [1.165, 1.54) is 4.90 Å². The molecule has 1 aromatic heterocycles. The minimum atomic E-state index is -0.256. The molecule has 3 aromatic rings. The van der Waals surface area contributed by atoms with Crippen molar-refractivity contribution in [3.05, 3.63) is 88.9 Å². The molecule has 0 spiro atoms. The second kappa shape index (κ2) is 8.57. The molecular formula is C22H17N3O3. The zero-order valence-electron chi connectivity index (χ0n) is 15.3. The molecule has 0 fully saturated rings. The van der Waals surface area contributed by atoms with Crippen LogP contribution in [0.2, 0.25) is 0 Å². The van der Waals surface area contributed by atoms with E-state index in [0.29, 0.717) is 29.2 Å². The number of furan rings is 1. The van der Waals surface area contributed by atoms with Crippen LogP contribution in [-0.4, -0.2) is 17.9 Å². The molecule has 1 heterocycles. The average Bonchev–Trinajstić information content (AvgIpc) is 3.21. The molecule has 1 amide bonds. The van der Waals surface area contributed by atoms with Crippen molar-refractivity contribution < 1.29 is 13.9 Å². The van der Waals surface area contributed by atoms with E-state index in [1.807, 2.05) is 12.1 Å². The molecule has 138 valence electrons. The number of carbonyl (C=O) groups is 1. The van der Waals surface area contributed by atoms with Crippen molar-refractivity contribution in [1.82, 2.24) is 4.90 Å².